The van der Waals surface area contributed by atoms with Crippen molar-refractivity contribution in [2.75, 3.05) is 19.6 Å². The topological polar surface area (TPSA) is 98.2 Å². The van der Waals surface area contributed by atoms with Gasteiger partial charge in [0.15, 0.2) is 0 Å². The van der Waals surface area contributed by atoms with Crippen molar-refractivity contribution in [3.63, 3.8) is 0 Å². The Hall–Kier alpha value is -2.16. The summed E-state index contributed by atoms with van der Waals surface area (Å²) in [6, 6.07) is 5.58. The summed E-state index contributed by atoms with van der Waals surface area (Å²) in [6.45, 7) is 11.7. The number of benzene rings is 1. The van der Waals surface area contributed by atoms with Crippen LogP contribution in [-0.4, -0.2) is 75.5 Å². The van der Waals surface area contributed by atoms with Gasteiger partial charge in [0.1, 0.15) is 24.1 Å². The Balaban J connectivity index is 1.73. The Morgan fingerprint density at radius 2 is 1.86 bits per heavy atom. The van der Waals surface area contributed by atoms with Gasteiger partial charge >= 0.3 is 0 Å². The average molecular weight is 402 g/mol. The quantitative estimate of drug-likeness (QED) is 0.476. The molecule has 4 N–H and O–H groups in total. The number of aromatic nitrogens is 1. The molecule has 1 aliphatic rings. The minimum Gasteiger partial charge on any atom is -0.462 e. The summed E-state index contributed by atoms with van der Waals surface area (Å²) in [4.78, 5) is 5.52. The van der Waals surface area contributed by atoms with Crippen LogP contribution < -0.4 is 4.74 Å². The molecule has 2 aromatic rings. The molecule has 1 aromatic heterocycles. The largest absolute Gasteiger partial charge is 0.462 e. The Morgan fingerprint density at radius 1 is 1.14 bits per heavy atom. The van der Waals surface area contributed by atoms with Crippen LogP contribution in [-0.2, 0) is 11.2 Å². The molecule has 2 heterocycles. The van der Waals surface area contributed by atoms with Crippen molar-refractivity contribution in [1.29, 1.82) is 0 Å². The fourth-order valence-electron chi connectivity index (χ4n) is 3.58. The van der Waals surface area contributed by atoms with E-state index in [0.29, 0.717) is 5.75 Å². The number of nitrogens with one attached hydrogen (secondary N) is 1. The number of aliphatic hydroxyl groups is 3. The van der Waals surface area contributed by atoms with Crippen LogP contribution in [0.5, 0.6) is 5.75 Å². The van der Waals surface area contributed by atoms with Crippen molar-refractivity contribution in [3.8, 4) is 5.75 Å². The number of rotatable bonds is 9. The first-order valence-corrected chi connectivity index (χ1v) is 9.85. The Labute approximate surface area is 170 Å². The van der Waals surface area contributed by atoms with E-state index in [1.54, 1.807) is 13.0 Å². The number of H-pyrrole nitrogens is 1. The van der Waals surface area contributed by atoms with E-state index < -0.39 is 30.7 Å². The van der Waals surface area contributed by atoms with Gasteiger partial charge in [-0.2, -0.15) is 0 Å². The molecule has 1 aliphatic heterocycles. The molecule has 7 nitrogen and oxygen atoms in total. The molecule has 0 saturated carbocycles. The first-order chi connectivity index (χ1) is 13.9. The Morgan fingerprint density at radius 3 is 2.55 bits per heavy atom. The van der Waals surface area contributed by atoms with E-state index in [4.69, 9.17) is 9.47 Å². The van der Waals surface area contributed by atoms with Crippen LogP contribution in [0.3, 0.4) is 0 Å². The second-order valence-electron chi connectivity index (χ2n) is 7.41. The highest BCUT2D eigenvalue weighted by Gasteiger charge is 2.43. The molecule has 158 valence electrons. The van der Waals surface area contributed by atoms with Crippen LogP contribution in [0.25, 0.3) is 10.9 Å². The van der Waals surface area contributed by atoms with E-state index in [-0.39, 0.29) is 0 Å². The van der Waals surface area contributed by atoms with Gasteiger partial charge in [0.25, 0.3) is 0 Å². The zero-order valence-electron chi connectivity index (χ0n) is 16.7. The molecule has 1 saturated heterocycles. The number of hydrogen-bond acceptors (Lipinski definition) is 6. The Bertz CT molecular complexity index is 826. The molecule has 0 spiro atoms. The summed E-state index contributed by atoms with van der Waals surface area (Å²) < 4.78 is 11.3. The predicted octanol–water partition coefficient (Wildman–Crippen LogP) is 1.59. The molecule has 29 heavy (non-hydrogen) atoms. The molecule has 1 aromatic carbocycles. The lowest BCUT2D eigenvalue weighted by Crippen LogP contribution is -2.58. The summed E-state index contributed by atoms with van der Waals surface area (Å²) in [5, 5.41) is 31.0. The predicted molar refractivity (Wildman–Crippen MR) is 112 cm³/mol. The van der Waals surface area contributed by atoms with Gasteiger partial charge in [-0.3, -0.25) is 4.90 Å². The molecule has 0 bridgehead atoms. The summed E-state index contributed by atoms with van der Waals surface area (Å²) in [6.07, 6.45) is 1.07. The van der Waals surface area contributed by atoms with Crippen LogP contribution in [0.15, 0.2) is 49.7 Å². The van der Waals surface area contributed by atoms with E-state index >= 15 is 0 Å². The Kier molecular flexibility index (Phi) is 7.10. The van der Waals surface area contributed by atoms with Gasteiger partial charge in [-0.1, -0.05) is 12.2 Å². The zero-order valence-corrected chi connectivity index (χ0v) is 16.7. The van der Waals surface area contributed by atoms with Gasteiger partial charge in [-0.25, -0.2) is 0 Å². The third-order valence-corrected chi connectivity index (χ3v) is 5.27. The maximum atomic E-state index is 10.2. The first-order valence-electron chi connectivity index (χ1n) is 9.85. The highest BCUT2D eigenvalue weighted by atomic mass is 16.7. The van der Waals surface area contributed by atoms with Crippen molar-refractivity contribution >= 4 is 10.9 Å². The minimum atomic E-state index is -1.34. The summed E-state index contributed by atoms with van der Waals surface area (Å²) in [5.74, 6) is 0.521. The van der Waals surface area contributed by atoms with E-state index in [1.807, 2.05) is 30.5 Å². The third kappa shape index (κ3) is 4.88. The second kappa shape index (κ2) is 9.56. The van der Waals surface area contributed by atoms with Crippen molar-refractivity contribution < 1.29 is 24.8 Å². The maximum Gasteiger partial charge on any atom is 0.229 e. The maximum absolute atomic E-state index is 10.2. The van der Waals surface area contributed by atoms with E-state index in [9.17, 15) is 15.3 Å². The SMILES string of the molecule is C=CCN(CC=C)CCc1c[nH]c2ccc(OC3OC(C)C(O)C(O)C3O)cc12. The lowest BCUT2D eigenvalue weighted by Gasteiger charge is -2.38. The van der Waals surface area contributed by atoms with Gasteiger partial charge in [0, 0.05) is 36.7 Å². The zero-order chi connectivity index (χ0) is 21.0. The lowest BCUT2D eigenvalue weighted by molar-refractivity contribution is -0.268. The van der Waals surface area contributed by atoms with E-state index in [2.05, 4.69) is 23.0 Å². The second-order valence-corrected chi connectivity index (χ2v) is 7.41. The number of ether oxygens (including phenoxy) is 2. The monoisotopic (exact) mass is 402 g/mol. The minimum absolute atomic E-state index is 0.521. The molecule has 1 fully saturated rings. The van der Waals surface area contributed by atoms with Crippen LogP contribution in [0, 0.1) is 0 Å². The van der Waals surface area contributed by atoms with Gasteiger partial charge in [-0.15, -0.1) is 13.2 Å². The molecular weight excluding hydrogens is 372 g/mol. The lowest BCUT2D eigenvalue weighted by atomic mass is 10.00. The normalized spacial score (nSPS) is 27.3. The van der Waals surface area contributed by atoms with E-state index in [1.165, 1.54) is 0 Å². The number of aliphatic hydroxyl groups excluding tert-OH is 3. The molecule has 5 unspecified atom stereocenters. The van der Waals surface area contributed by atoms with Gasteiger partial charge in [0.05, 0.1) is 6.10 Å². The molecule has 3 rings (SSSR count). The van der Waals surface area contributed by atoms with Gasteiger partial charge in [-0.05, 0) is 37.1 Å². The van der Waals surface area contributed by atoms with Crippen LogP contribution >= 0.6 is 0 Å². The highest BCUT2D eigenvalue weighted by Crippen LogP contribution is 2.28. The number of hydrogen-bond donors (Lipinski definition) is 4. The number of aromatic amines is 1. The van der Waals surface area contributed by atoms with Crippen LogP contribution in [0.1, 0.15) is 12.5 Å². The molecule has 5 atom stereocenters. The molecule has 0 radical (unpaired) electrons. The number of nitrogens with zero attached hydrogens (tertiary/aromatic N) is 1. The fourth-order valence-corrected chi connectivity index (χ4v) is 3.58. The van der Waals surface area contributed by atoms with Crippen molar-refractivity contribution in [3.05, 3.63) is 55.3 Å². The third-order valence-electron chi connectivity index (χ3n) is 5.27. The van der Waals surface area contributed by atoms with Crippen LogP contribution in [0.2, 0.25) is 0 Å². The number of fused-ring (bicyclic) bond motifs is 1. The van der Waals surface area contributed by atoms with E-state index in [0.717, 1.165) is 42.5 Å². The molecule has 0 aliphatic carbocycles. The molecule has 0 amide bonds. The standard InChI is InChI=1S/C22H30N2O5/c1-4-9-24(10-5-2)11-8-15-13-23-18-7-6-16(12-17(15)18)29-22-21(27)20(26)19(25)14(3)28-22/h4-7,12-14,19-23,25-27H,1-2,8-11H2,3H3. The van der Waals surface area contributed by atoms with Crippen molar-refractivity contribution in [2.24, 2.45) is 0 Å². The molecule has 7 heteroatoms. The average Bonchev–Trinajstić information content (AvgIpc) is 3.11. The van der Waals surface area contributed by atoms with Gasteiger partial charge in [0.2, 0.25) is 6.29 Å². The summed E-state index contributed by atoms with van der Waals surface area (Å²) >= 11 is 0. The highest BCUT2D eigenvalue weighted by molar-refractivity contribution is 5.84. The molecular formula is C22H30N2O5. The summed E-state index contributed by atoms with van der Waals surface area (Å²) in [7, 11) is 0. The first kappa shape index (κ1) is 21.5. The van der Waals surface area contributed by atoms with Crippen molar-refractivity contribution in [2.45, 2.75) is 44.1 Å². The smallest absolute Gasteiger partial charge is 0.229 e. The van der Waals surface area contributed by atoms with Crippen molar-refractivity contribution in [1.82, 2.24) is 9.88 Å². The van der Waals surface area contributed by atoms with Gasteiger partial charge < -0.3 is 29.8 Å². The fraction of sp³-hybridized carbons (Fsp3) is 0.455. The summed E-state index contributed by atoms with van der Waals surface area (Å²) in [5.41, 5.74) is 2.14. The van der Waals surface area contributed by atoms with Crippen LogP contribution in [0.4, 0.5) is 0 Å².